The van der Waals surface area contributed by atoms with Gasteiger partial charge in [-0.2, -0.15) is 0 Å². The zero-order valence-electron chi connectivity index (χ0n) is 6.92. The number of aromatic amines is 1. The first-order valence-electron chi connectivity index (χ1n) is 3.95. The van der Waals surface area contributed by atoms with Crippen molar-refractivity contribution >= 4 is 5.69 Å². The van der Waals surface area contributed by atoms with Gasteiger partial charge in [0.05, 0.1) is 5.69 Å². The molecule has 1 aromatic heterocycles. The lowest BCUT2D eigenvalue weighted by Gasteiger charge is -1.98. The molecule has 0 saturated carbocycles. The minimum atomic E-state index is -0.252. The molecule has 0 aliphatic rings. The van der Waals surface area contributed by atoms with Gasteiger partial charge in [0.25, 0.3) is 0 Å². The van der Waals surface area contributed by atoms with Crippen LogP contribution in [0.5, 0.6) is 0 Å². The molecular formula is C10H9FN2. The summed E-state index contributed by atoms with van der Waals surface area (Å²) in [4.78, 5) is 2.87. The second kappa shape index (κ2) is 2.94. The summed E-state index contributed by atoms with van der Waals surface area (Å²) in [5, 5.41) is 0. The van der Waals surface area contributed by atoms with E-state index in [1.807, 2.05) is 6.07 Å². The molecule has 0 amide bonds. The molecule has 0 spiro atoms. The molecular weight excluding hydrogens is 167 g/mol. The van der Waals surface area contributed by atoms with Gasteiger partial charge >= 0.3 is 0 Å². The Morgan fingerprint density at radius 1 is 1.23 bits per heavy atom. The highest BCUT2D eigenvalue weighted by Gasteiger charge is 2.03. The third-order valence-corrected chi connectivity index (χ3v) is 1.91. The van der Waals surface area contributed by atoms with Crippen LogP contribution in [0.4, 0.5) is 10.1 Å². The van der Waals surface area contributed by atoms with Crippen molar-refractivity contribution in [2.75, 3.05) is 5.73 Å². The average Bonchev–Trinajstić information content (AvgIpc) is 2.51. The molecule has 3 heteroatoms. The average molecular weight is 176 g/mol. The first-order valence-corrected chi connectivity index (χ1v) is 3.95. The van der Waals surface area contributed by atoms with E-state index in [2.05, 4.69) is 4.98 Å². The van der Waals surface area contributed by atoms with Gasteiger partial charge in [-0.15, -0.1) is 0 Å². The molecule has 13 heavy (non-hydrogen) atoms. The number of nitrogen functional groups attached to an aromatic ring is 1. The van der Waals surface area contributed by atoms with E-state index in [4.69, 9.17) is 5.73 Å². The van der Waals surface area contributed by atoms with Gasteiger partial charge in [0.15, 0.2) is 0 Å². The van der Waals surface area contributed by atoms with Crippen LogP contribution in [0.15, 0.2) is 36.7 Å². The fraction of sp³-hybridized carbons (Fsp3) is 0. The Labute approximate surface area is 75.2 Å². The number of hydrogen-bond acceptors (Lipinski definition) is 1. The Bertz CT molecular complexity index is 420. The van der Waals surface area contributed by atoms with Gasteiger partial charge in [-0.3, -0.25) is 0 Å². The molecule has 0 fully saturated rings. The van der Waals surface area contributed by atoms with E-state index in [0.29, 0.717) is 5.69 Å². The quantitative estimate of drug-likeness (QED) is 0.688. The maximum Gasteiger partial charge on any atom is 0.123 e. The number of halogens is 1. The largest absolute Gasteiger partial charge is 0.397 e. The summed E-state index contributed by atoms with van der Waals surface area (Å²) < 4.78 is 12.8. The van der Waals surface area contributed by atoms with Crippen molar-refractivity contribution in [1.29, 1.82) is 0 Å². The molecule has 0 aliphatic carbocycles. The van der Waals surface area contributed by atoms with Crippen LogP contribution >= 0.6 is 0 Å². The fourth-order valence-corrected chi connectivity index (χ4v) is 1.28. The zero-order chi connectivity index (χ0) is 9.26. The molecule has 3 N–H and O–H groups in total. The Morgan fingerprint density at radius 3 is 2.69 bits per heavy atom. The first kappa shape index (κ1) is 7.86. The van der Waals surface area contributed by atoms with Gasteiger partial charge in [0, 0.05) is 18.0 Å². The number of rotatable bonds is 1. The Balaban J connectivity index is 2.53. The SMILES string of the molecule is Nc1c[nH]cc1-c1cccc(F)c1. The minimum Gasteiger partial charge on any atom is -0.397 e. The number of hydrogen-bond donors (Lipinski definition) is 2. The van der Waals surface area contributed by atoms with Crippen molar-refractivity contribution in [1.82, 2.24) is 4.98 Å². The lowest BCUT2D eigenvalue weighted by Crippen LogP contribution is -1.85. The van der Waals surface area contributed by atoms with Crippen molar-refractivity contribution < 1.29 is 4.39 Å². The summed E-state index contributed by atoms with van der Waals surface area (Å²) in [5.74, 6) is -0.252. The van der Waals surface area contributed by atoms with E-state index >= 15 is 0 Å². The standard InChI is InChI=1S/C10H9FN2/c11-8-3-1-2-7(4-8)9-5-13-6-10(9)12/h1-6,13H,12H2. The van der Waals surface area contributed by atoms with Gasteiger partial charge in [-0.05, 0) is 17.7 Å². The lowest BCUT2D eigenvalue weighted by molar-refractivity contribution is 0.628. The Kier molecular flexibility index (Phi) is 1.77. The normalized spacial score (nSPS) is 10.2. The van der Waals surface area contributed by atoms with Crippen LogP contribution in [-0.2, 0) is 0 Å². The number of nitrogens with two attached hydrogens (primary N) is 1. The zero-order valence-corrected chi connectivity index (χ0v) is 6.92. The lowest BCUT2D eigenvalue weighted by atomic mass is 10.1. The molecule has 1 aromatic carbocycles. The number of nitrogens with one attached hydrogen (secondary N) is 1. The van der Waals surface area contributed by atoms with E-state index < -0.39 is 0 Å². The topological polar surface area (TPSA) is 41.8 Å². The summed E-state index contributed by atoms with van der Waals surface area (Å²) in [5.41, 5.74) is 7.92. The molecule has 2 aromatic rings. The van der Waals surface area contributed by atoms with Crippen LogP contribution in [0.3, 0.4) is 0 Å². The summed E-state index contributed by atoms with van der Waals surface area (Å²) in [6.07, 6.45) is 3.43. The summed E-state index contributed by atoms with van der Waals surface area (Å²) in [7, 11) is 0. The molecule has 66 valence electrons. The second-order valence-corrected chi connectivity index (χ2v) is 2.83. The maximum atomic E-state index is 12.8. The summed E-state index contributed by atoms with van der Waals surface area (Å²) in [6, 6.07) is 6.35. The van der Waals surface area contributed by atoms with Crippen LogP contribution in [0.2, 0.25) is 0 Å². The maximum absolute atomic E-state index is 12.8. The van der Waals surface area contributed by atoms with Crippen molar-refractivity contribution in [3.8, 4) is 11.1 Å². The van der Waals surface area contributed by atoms with Crippen LogP contribution in [0, 0.1) is 5.82 Å². The Morgan fingerprint density at radius 2 is 2.08 bits per heavy atom. The molecule has 0 unspecified atom stereocenters. The van der Waals surface area contributed by atoms with Crippen molar-refractivity contribution in [2.24, 2.45) is 0 Å². The number of anilines is 1. The molecule has 0 radical (unpaired) electrons. The monoisotopic (exact) mass is 176 g/mol. The third kappa shape index (κ3) is 1.40. The minimum absolute atomic E-state index is 0.252. The molecule has 2 rings (SSSR count). The molecule has 0 atom stereocenters. The number of H-pyrrole nitrogens is 1. The highest BCUT2D eigenvalue weighted by Crippen LogP contribution is 2.25. The van der Waals surface area contributed by atoms with Crippen molar-refractivity contribution in [3.05, 3.63) is 42.5 Å². The third-order valence-electron chi connectivity index (χ3n) is 1.91. The van der Waals surface area contributed by atoms with E-state index in [1.165, 1.54) is 12.1 Å². The molecule has 2 nitrogen and oxygen atoms in total. The van der Waals surface area contributed by atoms with Gasteiger partial charge in [0.1, 0.15) is 5.82 Å². The number of benzene rings is 1. The van der Waals surface area contributed by atoms with Crippen molar-refractivity contribution in [2.45, 2.75) is 0 Å². The van der Waals surface area contributed by atoms with E-state index in [9.17, 15) is 4.39 Å². The fourth-order valence-electron chi connectivity index (χ4n) is 1.28. The molecule has 0 bridgehead atoms. The van der Waals surface area contributed by atoms with E-state index in [-0.39, 0.29) is 5.82 Å². The molecule has 0 aliphatic heterocycles. The van der Waals surface area contributed by atoms with E-state index in [1.54, 1.807) is 18.5 Å². The highest BCUT2D eigenvalue weighted by atomic mass is 19.1. The number of aromatic nitrogens is 1. The summed E-state index contributed by atoms with van der Waals surface area (Å²) >= 11 is 0. The van der Waals surface area contributed by atoms with Gasteiger partial charge < -0.3 is 10.7 Å². The van der Waals surface area contributed by atoms with Crippen molar-refractivity contribution in [3.63, 3.8) is 0 Å². The molecule has 0 saturated heterocycles. The van der Waals surface area contributed by atoms with Gasteiger partial charge in [-0.25, -0.2) is 4.39 Å². The summed E-state index contributed by atoms with van der Waals surface area (Å²) in [6.45, 7) is 0. The predicted molar refractivity (Wildman–Crippen MR) is 50.6 cm³/mol. The van der Waals surface area contributed by atoms with E-state index in [0.717, 1.165) is 11.1 Å². The highest BCUT2D eigenvalue weighted by molar-refractivity contribution is 5.75. The van der Waals surface area contributed by atoms with Crippen LogP contribution in [0.25, 0.3) is 11.1 Å². The van der Waals surface area contributed by atoms with Crippen LogP contribution < -0.4 is 5.73 Å². The first-order chi connectivity index (χ1) is 6.27. The van der Waals surface area contributed by atoms with Gasteiger partial charge in [0.2, 0.25) is 0 Å². The van der Waals surface area contributed by atoms with Gasteiger partial charge in [-0.1, -0.05) is 12.1 Å². The molecule has 1 heterocycles. The van der Waals surface area contributed by atoms with Crippen LogP contribution in [0.1, 0.15) is 0 Å². The second-order valence-electron chi connectivity index (χ2n) is 2.83. The smallest absolute Gasteiger partial charge is 0.123 e. The van der Waals surface area contributed by atoms with Crippen LogP contribution in [-0.4, -0.2) is 4.98 Å². The Hall–Kier alpha value is -1.77. The predicted octanol–water partition coefficient (Wildman–Crippen LogP) is 2.40.